The van der Waals surface area contributed by atoms with E-state index in [2.05, 4.69) is 5.32 Å². The number of fused-ring (bicyclic) bond motifs is 1. The fourth-order valence-corrected chi connectivity index (χ4v) is 5.97. The zero-order chi connectivity index (χ0) is 23.5. The summed E-state index contributed by atoms with van der Waals surface area (Å²) >= 11 is 7.48. The molecule has 0 bridgehead atoms. The van der Waals surface area contributed by atoms with Gasteiger partial charge in [-0.15, -0.1) is 11.3 Å². The van der Waals surface area contributed by atoms with E-state index in [1.807, 2.05) is 0 Å². The fraction of sp³-hybridized carbons (Fsp3) is 0.429. The lowest BCUT2D eigenvalue weighted by Crippen LogP contribution is -2.37. The molecule has 32 heavy (non-hydrogen) atoms. The number of carbonyl (C=O) groups is 2. The van der Waals surface area contributed by atoms with Crippen molar-refractivity contribution in [2.75, 3.05) is 36.1 Å². The Bertz CT molecular complexity index is 1130. The second-order valence-corrected chi connectivity index (χ2v) is 10.7. The van der Waals surface area contributed by atoms with E-state index in [0.717, 1.165) is 46.7 Å². The highest BCUT2D eigenvalue weighted by molar-refractivity contribution is 7.92. The van der Waals surface area contributed by atoms with Crippen LogP contribution in [0.5, 0.6) is 5.75 Å². The minimum atomic E-state index is -3.79. The van der Waals surface area contributed by atoms with Crippen LogP contribution in [-0.2, 0) is 32.4 Å². The molecule has 0 spiro atoms. The summed E-state index contributed by atoms with van der Waals surface area (Å²) in [5.41, 5.74) is 1.51. The van der Waals surface area contributed by atoms with Crippen molar-refractivity contribution in [3.8, 4) is 5.75 Å². The maximum Gasteiger partial charge on any atom is 0.341 e. The van der Waals surface area contributed by atoms with Crippen molar-refractivity contribution in [1.29, 1.82) is 0 Å². The highest BCUT2D eigenvalue weighted by atomic mass is 35.5. The van der Waals surface area contributed by atoms with Crippen molar-refractivity contribution in [1.82, 2.24) is 0 Å². The monoisotopic (exact) mass is 500 g/mol. The Labute approximate surface area is 196 Å². The largest absolute Gasteiger partial charge is 0.495 e. The summed E-state index contributed by atoms with van der Waals surface area (Å²) in [6, 6.07) is 4.45. The molecule has 8 nitrogen and oxygen atoms in total. The lowest BCUT2D eigenvalue weighted by Gasteiger charge is -2.22. The SMILES string of the molecule is CCOC(=O)c1c(NC(=O)CN(c2ccc(OC)c(Cl)c2)S(C)(=O)=O)sc2c1CCCC2. The number of anilines is 2. The van der Waals surface area contributed by atoms with E-state index in [1.54, 1.807) is 6.92 Å². The van der Waals surface area contributed by atoms with Crippen molar-refractivity contribution in [3.05, 3.63) is 39.2 Å². The first kappa shape index (κ1) is 24.3. The number of halogens is 1. The van der Waals surface area contributed by atoms with Crippen LogP contribution in [-0.4, -0.2) is 46.8 Å². The number of ether oxygens (including phenoxy) is 2. The lowest BCUT2D eigenvalue weighted by atomic mass is 9.95. The Kier molecular flexibility index (Phi) is 7.68. The van der Waals surface area contributed by atoms with Gasteiger partial charge in [0.2, 0.25) is 15.9 Å². The van der Waals surface area contributed by atoms with Gasteiger partial charge in [-0.25, -0.2) is 13.2 Å². The smallest absolute Gasteiger partial charge is 0.341 e. The molecule has 11 heteroatoms. The Morgan fingerprint density at radius 1 is 1.25 bits per heavy atom. The van der Waals surface area contributed by atoms with Crippen LogP contribution in [0.3, 0.4) is 0 Å². The molecule has 1 aromatic heterocycles. The first-order chi connectivity index (χ1) is 15.2. The molecule has 174 valence electrons. The standard InChI is InChI=1S/C21H25ClN2O6S2/c1-4-30-21(26)19-14-7-5-6-8-17(14)31-20(19)23-18(25)12-24(32(3,27)28)13-9-10-16(29-2)15(22)11-13/h9-11H,4-8,12H2,1-3H3,(H,23,25). The summed E-state index contributed by atoms with van der Waals surface area (Å²) in [5.74, 6) is -0.674. The number of benzene rings is 1. The Morgan fingerprint density at radius 2 is 1.97 bits per heavy atom. The predicted molar refractivity (Wildman–Crippen MR) is 126 cm³/mol. The molecule has 1 aliphatic rings. The van der Waals surface area contributed by atoms with Crippen LogP contribution < -0.4 is 14.4 Å². The fourth-order valence-electron chi connectivity index (χ4n) is 3.58. The van der Waals surface area contributed by atoms with Crippen LogP contribution in [0.15, 0.2) is 18.2 Å². The minimum Gasteiger partial charge on any atom is -0.495 e. The molecule has 1 heterocycles. The maximum atomic E-state index is 12.9. The molecule has 1 amide bonds. The molecule has 0 radical (unpaired) electrons. The summed E-state index contributed by atoms with van der Waals surface area (Å²) in [6.07, 6.45) is 4.57. The molecule has 0 saturated heterocycles. The van der Waals surface area contributed by atoms with Crippen LogP contribution in [0, 0.1) is 0 Å². The Morgan fingerprint density at radius 3 is 2.59 bits per heavy atom. The van der Waals surface area contributed by atoms with E-state index in [4.69, 9.17) is 21.1 Å². The zero-order valence-corrected chi connectivity index (χ0v) is 20.5. The number of esters is 1. The maximum absolute atomic E-state index is 12.9. The normalized spacial score (nSPS) is 13.2. The number of hydrogen-bond acceptors (Lipinski definition) is 7. The summed E-state index contributed by atoms with van der Waals surface area (Å²) in [5, 5.41) is 3.34. The van der Waals surface area contributed by atoms with Crippen LogP contribution >= 0.6 is 22.9 Å². The van der Waals surface area contributed by atoms with Crippen molar-refractivity contribution >= 4 is 55.5 Å². The average molecular weight is 501 g/mol. The number of sulfonamides is 1. The van der Waals surface area contributed by atoms with Gasteiger partial charge in [-0.1, -0.05) is 11.6 Å². The van der Waals surface area contributed by atoms with Gasteiger partial charge in [0.1, 0.15) is 17.3 Å². The summed E-state index contributed by atoms with van der Waals surface area (Å²) in [7, 11) is -2.35. The summed E-state index contributed by atoms with van der Waals surface area (Å²) < 4.78 is 36.1. The molecule has 3 rings (SSSR count). The van der Waals surface area contributed by atoms with Gasteiger partial charge in [-0.2, -0.15) is 0 Å². The zero-order valence-electron chi connectivity index (χ0n) is 18.1. The van der Waals surface area contributed by atoms with Gasteiger partial charge in [0.15, 0.2) is 0 Å². The molecule has 0 fully saturated rings. The molecular formula is C21H25ClN2O6S2. The lowest BCUT2D eigenvalue weighted by molar-refractivity contribution is -0.114. The summed E-state index contributed by atoms with van der Waals surface area (Å²) in [6.45, 7) is 1.46. The van der Waals surface area contributed by atoms with E-state index in [9.17, 15) is 18.0 Å². The van der Waals surface area contributed by atoms with E-state index >= 15 is 0 Å². The summed E-state index contributed by atoms with van der Waals surface area (Å²) in [4.78, 5) is 26.5. The number of carbonyl (C=O) groups excluding carboxylic acids is 2. The highest BCUT2D eigenvalue weighted by Gasteiger charge is 2.28. The Balaban J connectivity index is 1.88. The van der Waals surface area contributed by atoms with Crippen LogP contribution in [0.2, 0.25) is 5.02 Å². The van der Waals surface area contributed by atoms with Crippen LogP contribution in [0.4, 0.5) is 10.7 Å². The van der Waals surface area contributed by atoms with Gasteiger partial charge in [0.05, 0.1) is 36.2 Å². The highest BCUT2D eigenvalue weighted by Crippen LogP contribution is 2.38. The third-order valence-electron chi connectivity index (χ3n) is 5.01. The third-order valence-corrected chi connectivity index (χ3v) is 7.66. The number of nitrogens with one attached hydrogen (secondary N) is 1. The number of hydrogen-bond donors (Lipinski definition) is 1. The molecule has 1 N–H and O–H groups in total. The van der Waals surface area contributed by atoms with E-state index in [0.29, 0.717) is 16.3 Å². The first-order valence-electron chi connectivity index (χ1n) is 10.1. The van der Waals surface area contributed by atoms with E-state index in [1.165, 1.54) is 36.6 Å². The van der Waals surface area contributed by atoms with Crippen LogP contribution in [0.25, 0.3) is 0 Å². The quantitative estimate of drug-likeness (QED) is 0.552. The van der Waals surface area contributed by atoms with Gasteiger partial charge in [-0.3, -0.25) is 9.10 Å². The molecule has 0 aliphatic heterocycles. The van der Waals surface area contributed by atoms with Gasteiger partial charge in [0, 0.05) is 4.88 Å². The number of aryl methyl sites for hydroxylation is 1. The third kappa shape index (κ3) is 5.36. The molecule has 2 aromatic rings. The van der Waals surface area contributed by atoms with Gasteiger partial charge in [0.25, 0.3) is 0 Å². The number of rotatable bonds is 8. The number of amides is 1. The predicted octanol–water partition coefficient (Wildman–Crippen LogP) is 3.87. The molecular weight excluding hydrogens is 476 g/mol. The van der Waals surface area contributed by atoms with E-state index in [-0.39, 0.29) is 17.3 Å². The van der Waals surface area contributed by atoms with Gasteiger partial charge >= 0.3 is 5.97 Å². The van der Waals surface area contributed by atoms with Gasteiger partial charge < -0.3 is 14.8 Å². The Hall–Kier alpha value is -2.30. The van der Waals surface area contributed by atoms with Crippen molar-refractivity contribution in [2.24, 2.45) is 0 Å². The molecule has 0 atom stereocenters. The number of thiophene rings is 1. The van der Waals surface area contributed by atoms with Gasteiger partial charge in [-0.05, 0) is 56.4 Å². The van der Waals surface area contributed by atoms with Crippen molar-refractivity contribution < 1.29 is 27.5 Å². The number of nitrogens with zero attached hydrogens (tertiary/aromatic N) is 1. The molecule has 1 aliphatic carbocycles. The second kappa shape index (κ2) is 10.1. The first-order valence-corrected chi connectivity index (χ1v) is 13.1. The molecule has 1 aromatic carbocycles. The van der Waals surface area contributed by atoms with Crippen molar-refractivity contribution in [2.45, 2.75) is 32.6 Å². The second-order valence-electron chi connectivity index (χ2n) is 7.27. The number of methoxy groups -OCH3 is 1. The van der Waals surface area contributed by atoms with E-state index < -0.39 is 28.4 Å². The topological polar surface area (TPSA) is 102 Å². The molecule has 0 unspecified atom stereocenters. The van der Waals surface area contributed by atoms with Crippen molar-refractivity contribution in [3.63, 3.8) is 0 Å². The average Bonchev–Trinajstić information content (AvgIpc) is 3.09. The minimum absolute atomic E-state index is 0.217. The molecule has 0 saturated carbocycles. The van der Waals surface area contributed by atoms with Crippen LogP contribution in [0.1, 0.15) is 40.6 Å².